The third kappa shape index (κ3) is 1.96. The molecular formula is C8H13NO3. The Hall–Kier alpha value is -1.06. The summed E-state index contributed by atoms with van der Waals surface area (Å²) >= 11 is 0. The van der Waals surface area contributed by atoms with Crippen LogP contribution >= 0.6 is 0 Å². The van der Waals surface area contributed by atoms with Crippen molar-refractivity contribution in [1.29, 1.82) is 0 Å². The van der Waals surface area contributed by atoms with Crippen molar-refractivity contribution in [2.45, 2.75) is 32.2 Å². The third-order valence-corrected chi connectivity index (χ3v) is 2.11. The van der Waals surface area contributed by atoms with Gasteiger partial charge in [0.05, 0.1) is 6.42 Å². The molecule has 0 aliphatic carbocycles. The van der Waals surface area contributed by atoms with Crippen LogP contribution in [0.4, 0.5) is 0 Å². The molecule has 1 saturated heterocycles. The smallest absolute Gasteiger partial charge is 0.305 e. The van der Waals surface area contributed by atoms with Crippen LogP contribution in [-0.2, 0) is 9.59 Å². The summed E-state index contributed by atoms with van der Waals surface area (Å²) < 4.78 is 0. The molecule has 0 aromatic heterocycles. The Morgan fingerprint density at radius 3 is 2.83 bits per heavy atom. The van der Waals surface area contributed by atoms with Gasteiger partial charge >= 0.3 is 5.97 Å². The largest absolute Gasteiger partial charge is 0.481 e. The van der Waals surface area contributed by atoms with Crippen LogP contribution in [0.15, 0.2) is 0 Å². The Morgan fingerprint density at radius 2 is 2.42 bits per heavy atom. The summed E-state index contributed by atoms with van der Waals surface area (Å²) in [6.45, 7) is 2.49. The number of rotatable bonds is 3. The summed E-state index contributed by atoms with van der Waals surface area (Å²) in [6.07, 6.45) is 1.48. The van der Waals surface area contributed by atoms with E-state index >= 15 is 0 Å². The van der Waals surface area contributed by atoms with Gasteiger partial charge in [0.2, 0.25) is 5.91 Å². The van der Waals surface area contributed by atoms with E-state index in [9.17, 15) is 9.59 Å². The van der Waals surface area contributed by atoms with Gasteiger partial charge in [0.25, 0.3) is 0 Å². The van der Waals surface area contributed by atoms with E-state index in [1.54, 1.807) is 11.8 Å². The van der Waals surface area contributed by atoms with Gasteiger partial charge in [-0.2, -0.15) is 0 Å². The van der Waals surface area contributed by atoms with Crippen molar-refractivity contribution in [1.82, 2.24) is 4.90 Å². The molecule has 1 aliphatic heterocycles. The zero-order valence-electron chi connectivity index (χ0n) is 7.12. The molecule has 0 bridgehead atoms. The van der Waals surface area contributed by atoms with Crippen LogP contribution < -0.4 is 0 Å². The van der Waals surface area contributed by atoms with Crippen molar-refractivity contribution in [3.8, 4) is 0 Å². The molecule has 4 heteroatoms. The first-order valence-electron chi connectivity index (χ1n) is 4.12. The third-order valence-electron chi connectivity index (χ3n) is 2.11. The van der Waals surface area contributed by atoms with Gasteiger partial charge in [-0.3, -0.25) is 9.59 Å². The highest BCUT2D eigenvalue weighted by Gasteiger charge is 2.25. The molecule has 0 spiro atoms. The number of nitrogens with zero attached hydrogens (tertiary/aromatic N) is 1. The maximum Gasteiger partial charge on any atom is 0.305 e. The Labute approximate surface area is 71.2 Å². The standard InChI is InChI=1S/C8H13NO3/c1-6(5-8(11)12)9-4-2-3-7(9)10/h6H,2-5H2,1H3,(H,11,12)/t6-/m0/s1. The average Bonchev–Trinajstić information content (AvgIpc) is 2.33. The van der Waals surface area contributed by atoms with Crippen molar-refractivity contribution < 1.29 is 14.7 Å². The maximum absolute atomic E-state index is 11.1. The van der Waals surface area contributed by atoms with Crippen molar-refractivity contribution >= 4 is 11.9 Å². The minimum absolute atomic E-state index is 0.0474. The minimum atomic E-state index is -0.845. The van der Waals surface area contributed by atoms with Gasteiger partial charge in [0.15, 0.2) is 0 Å². The van der Waals surface area contributed by atoms with Crippen molar-refractivity contribution in [2.75, 3.05) is 6.54 Å². The first-order valence-corrected chi connectivity index (χ1v) is 4.12. The number of hydrogen-bond acceptors (Lipinski definition) is 2. The van der Waals surface area contributed by atoms with Gasteiger partial charge in [-0.05, 0) is 13.3 Å². The Kier molecular flexibility index (Phi) is 2.68. The molecule has 68 valence electrons. The lowest BCUT2D eigenvalue weighted by molar-refractivity contribution is -0.139. The van der Waals surface area contributed by atoms with Crippen molar-refractivity contribution in [3.05, 3.63) is 0 Å². The molecule has 12 heavy (non-hydrogen) atoms. The number of carboxylic acid groups (broad SMARTS) is 1. The predicted molar refractivity (Wildman–Crippen MR) is 42.7 cm³/mol. The summed E-state index contributed by atoms with van der Waals surface area (Å²) in [5, 5.41) is 8.49. The van der Waals surface area contributed by atoms with E-state index in [1.165, 1.54) is 0 Å². The number of carboxylic acids is 1. The minimum Gasteiger partial charge on any atom is -0.481 e. The highest BCUT2D eigenvalue weighted by Crippen LogP contribution is 2.14. The molecule has 1 amide bonds. The summed E-state index contributed by atoms with van der Waals surface area (Å²) in [4.78, 5) is 23.1. The lowest BCUT2D eigenvalue weighted by atomic mass is 10.2. The molecule has 1 heterocycles. The zero-order valence-corrected chi connectivity index (χ0v) is 7.12. The second-order valence-electron chi connectivity index (χ2n) is 3.14. The van der Waals surface area contributed by atoms with E-state index < -0.39 is 5.97 Å². The van der Waals surface area contributed by atoms with Crippen LogP contribution in [0.25, 0.3) is 0 Å². The number of carbonyl (C=O) groups excluding carboxylic acids is 1. The van der Waals surface area contributed by atoms with E-state index in [1.807, 2.05) is 0 Å². The molecule has 0 radical (unpaired) electrons. The molecular weight excluding hydrogens is 158 g/mol. The fraction of sp³-hybridized carbons (Fsp3) is 0.750. The molecule has 0 aromatic carbocycles. The van der Waals surface area contributed by atoms with E-state index in [2.05, 4.69) is 0 Å². The Balaban J connectivity index is 2.45. The first-order chi connectivity index (χ1) is 5.61. The molecule has 0 unspecified atom stereocenters. The maximum atomic E-state index is 11.1. The lowest BCUT2D eigenvalue weighted by Gasteiger charge is -2.22. The van der Waals surface area contributed by atoms with Crippen molar-refractivity contribution in [2.24, 2.45) is 0 Å². The monoisotopic (exact) mass is 171 g/mol. The number of aliphatic carboxylic acids is 1. The second kappa shape index (κ2) is 3.56. The van der Waals surface area contributed by atoms with Gasteiger partial charge in [0.1, 0.15) is 0 Å². The summed E-state index contributed by atoms with van der Waals surface area (Å²) in [5.41, 5.74) is 0. The number of amides is 1. The summed E-state index contributed by atoms with van der Waals surface area (Å²) in [7, 11) is 0. The molecule has 1 N–H and O–H groups in total. The second-order valence-corrected chi connectivity index (χ2v) is 3.14. The van der Waals surface area contributed by atoms with Gasteiger partial charge in [-0.15, -0.1) is 0 Å². The Morgan fingerprint density at radius 1 is 1.75 bits per heavy atom. The van der Waals surface area contributed by atoms with Crippen molar-refractivity contribution in [3.63, 3.8) is 0 Å². The zero-order chi connectivity index (χ0) is 9.14. The molecule has 1 aliphatic rings. The molecule has 0 aromatic rings. The summed E-state index contributed by atoms with van der Waals surface area (Å²) in [5.74, 6) is -0.758. The van der Waals surface area contributed by atoms with E-state index in [4.69, 9.17) is 5.11 Å². The first kappa shape index (κ1) is 9.03. The van der Waals surface area contributed by atoms with E-state index in [-0.39, 0.29) is 18.4 Å². The van der Waals surface area contributed by atoms with Crippen LogP contribution in [-0.4, -0.2) is 34.5 Å². The Bertz CT molecular complexity index is 202. The highest BCUT2D eigenvalue weighted by atomic mass is 16.4. The number of likely N-dealkylation sites (tertiary alicyclic amines) is 1. The summed E-state index contributed by atoms with van der Waals surface area (Å²) in [6, 6.07) is -0.155. The van der Waals surface area contributed by atoms with Crippen LogP contribution in [0, 0.1) is 0 Å². The van der Waals surface area contributed by atoms with Crippen LogP contribution in [0.1, 0.15) is 26.2 Å². The molecule has 1 fully saturated rings. The van der Waals surface area contributed by atoms with Gasteiger partial charge in [-0.1, -0.05) is 0 Å². The average molecular weight is 171 g/mol. The highest BCUT2D eigenvalue weighted by molar-refractivity contribution is 5.79. The van der Waals surface area contributed by atoms with E-state index in [0.29, 0.717) is 13.0 Å². The fourth-order valence-electron chi connectivity index (χ4n) is 1.50. The predicted octanol–water partition coefficient (Wildman–Crippen LogP) is 0.472. The molecule has 4 nitrogen and oxygen atoms in total. The van der Waals surface area contributed by atoms with Crippen LogP contribution in [0.5, 0.6) is 0 Å². The van der Waals surface area contributed by atoms with Gasteiger partial charge in [-0.25, -0.2) is 0 Å². The number of carbonyl (C=O) groups is 2. The SMILES string of the molecule is C[C@@H](CC(=O)O)N1CCCC1=O. The number of hydrogen-bond donors (Lipinski definition) is 1. The fourth-order valence-corrected chi connectivity index (χ4v) is 1.50. The van der Waals surface area contributed by atoms with Crippen LogP contribution in [0.2, 0.25) is 0 Å². The lowest BCUT2D eigenvalue weighted by Crippen LogP contribution is -2.35. The van der Waals surface area contributed by atoms with E-state index in [0.717, 1.165) is 6.42 Å². The van der Waals surface area contributed by atoms with Crippen LogP contribution in [0.3, 0.4) is 0 Å². The molecule has 1 rings (SSSR count). The molecule has 0 saturated carbocycles. The molecule has 1 atom stereocenters. The topological polar surface area (TPSA) is 57.6 Å². The normalized spacial score (nSPS) is 19.8. The van der Waals surface area contributed by atoms with Gasteiger partial charge in [0, 0.05) is 19.0 Å². The quantitative estimate of drug-likeness (QED) is 0.671. The van der Waals surface area contributed by atoms with Gasteiger partial charge < -0.3 is 10.0 Å².